The van der Waals surface area contributed by atoms with Crippen LogP contribution in [0.4, 0.5) is 4.39 Å². The van der Waals surface area contributed by atoms with Crippen molar-refractivity contribution in [2.45, 2.75) is 26.9 Å². The van der Waals surface area contributed by atoms with Crippen molar-refractivity contribution in [3.05, 3.63) is 92.1 Å². The van der Waals surface area contributed by atoms with Crippen LogP contribution < -0.4 is 11.2 Å². The molecule has 0 radical (unpaired) electrons. The molecule has 0 fully saturated rings. The first-order chi connectivity index (χ1) is 14.4. The summed E-state index contributed by atoms with van der Waals surface area (Å²) >= 11 is 5.99. The Kier molecular flexibility index (Phi) is 5.30. The van der Waals surface area contributed by atoms with E-state index in [1.54, 1.807) is 47.0 Å². The molecule has 4 rings (SSSR count). The molecule has 2 heterocycles. The average Bonchev–Trinajstić information content (AvgIpc) is 3.12. The zero-order valence-electron chi connectivity index (χ0n) is 16.5. The van der Waals surface area contributed by atoms with E-state index in [0.29, 0.717) is 16.3 Å². The lowest BCUT2D eigenvalue weighted by atomic mass is 10.2. The number of imidazole rings is 1. The first kappa shape index (κ1) is 20.1. The second kappa shape index (κ2) is 7.91. The zero-order chi connectivity index (χ0) is 21.4. The normalized spacial score (nSPS) is 11.5. The Morgan fingerprint density at radius 2 is 1.77 bits per heavy atom. The van der Waals surface area contributed by atoms with E-state index >= 15 is 0 Å². The molecular weight excluding hydrogens is 407 g/mol. The predicted molar refractivity (Wildman–Crippen MR) is 115 cm³/mol. The highest BCUT2D eigenvalue weighted by atomic mass is 35.5. The third kappa shape index (κ3) is 3.57. The fraction of sp³-hybridized carbons (Fsp3) is 0.227. The zero-order valence-corrected chi connectivity index (χ0v) is 17.3. The molecule has 0 aliphatic rings. The Bertz CT molecular complexity index is 1340. The van der Waals surface area contributed by atoms with Gasteiger partial charge in [0.1, 0.15) is 5.82 Å². The molecule has 0 unspecified atom stereocenters. The largest absolute Gasteiger partial charge is 0.337 e. The van der Waals surface area contributed by atoms with Gasteiger partial charge in [0.15, 0.2) is 11.2 Å². The van der Waals surface area contributed by atoms with Gasteiger partial charge in [0.05, 0.1) is 18.6 Å². The number of nitrogens with zero attached hydrogens (tertiary/aromatic N) is 4. The van der Waals surface area contributed by atoms with Crippen LogP contribution in [-0.4, -0.2) is 18.7 Å². The Morgan fingerprint density at radius 1 is 1.07 bits per heavy atom. The van der Waals surface area contributed by atoms with Gasteiger partial charge in [0.2, 0.25) is 0 Å². The number of rotatable bonds is 5. The van der Waals surface area contributed by atoms with Crippen LogP contribution in [0, 0.1) is 11.7 Å². The minimum absolute atomic E-state index is 0.0782. The summed E-state index contributed by atoms with van der Waals surface area (Å²) < 4.78 is 18.4. The predicted octanol–water partition coefficient (Wildman–Crippen LogP) is 3.85. The highest BCUT2D eigenvalue weighted by Gasteiger charge is 2.20. The molecule has 8 heteroatoms. The molecular formula is C22H20ClFN4O2. The van der Waals surface area contributed by atoms with Crippen molar-refractivity contribution < 1.29 is 4.39 Å². The van der Waals surface area contributed by atoms with Crippen LogP contribution in [-0.2, 0) is 13.1 Å². The first-order valence-electron chi connectivity index (χ1n) is 9.57. The molecule has 4 aromatic rings. The van der Waals surface area contributed by atoms with E-state index in [9.17, 15) is 14.0 Å². The van der Waals surface area contributed by atoms with E-state index in [1.165, 1.54) is 21.5 Å². The molecule has 154 valence electrons. The van der Waals surface area contributed by atoms with Gasteiger partial charge in [0, 0.05) is 17.1 Å². The summed E-state index contributed by atoms with van der Waals surface area (Å²) in [7, 11) is 0. The number of hydrogen-bond acceptors (Lipinski definition) is 3. The topological polar surface area (TPSA) is 61.8 Å². The summed E-state index contributed by atoms with van der Waals surface area (Å²) in [5.74, 6) is -0.290. The minimum Gasteiger partial charge on any atom is -0.320 e. The molecule has 0 atom stereocenters. The van der Waals surface area contributed by atoms with Gasteiger partial charge in [-0.05, 0) is 36.2 Å². The van der Waals surface area contributed by atoms with Gasteiger partial charge in [-0.15, -0.1) is 0 Å². The van der Waals surface area contributed by atoms with Crippen LogP contribution in [0.1, 0.15) is 19.4 Å². The first-order valence-corrected chi connectivity index (χ1v) is 9.94. The average molecular weight is 427 g/mol. The molecule has 2 aromatic heterocycles. The molecule has 30 heavy (non-hydrogen) atoms. The van der Waals surface area contributed by atoms with E-state index in [0.717, 1.165) is 0 Å². The van der Waals surface area contributed by atoms with Crippen molar-refractivity contribution >= 4 is 22.8 Å². The number of fused-ring (bicyclic) bond motifs is 1. The number of benzene rings is 2. The van der Waals surface area contributed by atoms with E-state index in [4.69, 9.17) is 11.6 Å². The number of hydrogen-bond donors (Lipinski definition) is 0. The summed E-state index contributed by atoms with van der Waals surface area (Å²) in [5, 5.41) is 0.531. The van der Waals surface area contributed by atoms with Crippen LogP contribution in [0.3, 0.4) is 0 Å². The lowest BCUT2D eigenvalue weighted by Crippen LogP contribution is -2.41. The van der Waals surface area contributed by atoms with Gasteiger partial charge in [-0.2, -0.15) is 0 Å². The minimum atomic E-state index is -0.473. The molecule has 0 amide bonds. The molecule has 0 bridgehead atoms. The van der Waals surface area contributed by atoms with Crippen molar-refractivity contribution in [1.82, 2.24) is 18.7 Å². The summed E-state index contributed by atoms with van der Waals surface area (Å²) in [6.07, 6.45) is 1.46. The Balaban J connectivity index is 2.00. The lowest BCUT2D eigenvalue weighted by molar-refractivity contribution is 0.489. The van der Waals surface area contributed by atoms with Gasteiger partial charge in [0.25, 0.3) is 5.56 Å². The van der Waals surface area contributed by atoms with E-state index in [1.807, 2.05) is 13.8 Å². The highest BCUT2D eigenvalue weighted by Crippen LogP contribution is 2.18. The fourth-order valence-corrected chi connectivity index (χ4v) is 3.58. The van der Waals surface area contributed by atoms with Gasteiger partial charge < -0.3 is 4.57 Å². The van der Waals surface area contributed by atoms with E-state index in [-0.39, 0.29) is 36.0 Å². The van der Waals surface area contributed by atoms with Crippen molar-refractivity contribution in [1.29, 1.82) is 0 Å². The lowest BCUT2D eigenvalue weighted by Gasteiger charge is -2.14. The van der Waals surface area contributed by atoms with Gasteiger partial charge in [-0.25, -0.2) is 18.7 Å². The summed E-state index contributed by atoms with van der Waals surface area (Å²) in [6, 6.07) is 13.1. The monoisotopic (exact) mass is 426 g/mol. The van der Waals surface area contributed by atoms with Crippen LogP contribution in [0.25, 0.3) is 16.9 Å². The van der Waals surface area contributed by atoms with E-state index < -0.39 is 11.2 Å². The summed E-state index contributed by atoms with van der Waals surface area (Å²) in [6.45, 7) is 4.24. The quantitative estimate of drug-likeness (QED) is 0.487. The Hall–Kier alpha value is -3.19. The van der Waals surface area contributed by atoms with Gasteiger partial charge >= 0.3 is 5.69 Å². The van der Waals surface area contributed by atoms with Crippen LogP contribution >= 0.6 is 11.6 Å². The summed E-state index contributed by atoms with van der Waals surface area (Å²) in [4.78, 5) is 30.8. The van der Waals surface area contributed by atoms with Gasteiger partial charge in [-0.1, -0.05) is 43.6 Å². The maximum atomic E-state index is 14.2. The van der Waals surface area contributed by atoms with Crippen LogP contribution in [0.2, 0.25) is 5.02 Å². The number of aromatic nitrogens is 4. The molecule has 0 N–H and O–H groups in total. The molecule has 0 saturated carbocycles. The second-order valence-electron chi connectivity index (χ2n) is 7.54. The standard InChI is InChI=1S/C22H20ClFN4O2/c1-14(2)11-27-21(29)19-20(28(22(27)30)17-9-7-16(23)8-10-17)25-13-26(19)12-15-5-3-4-6-18(15)24/h3-10,13-14H,11-12H2,1-2H3. The van der Waals surface area contributed by atoms with Crippen molar-refractivity contribution in [3.63, 3.8) is 0 Å². The molecule has 2 aromatic carbocycles. The third-order valence-corrected chi connectivity index (χ3v) is 5.08. The number of halogens is 2. The maximum absolute atomic E-state index is 14.2. The fourth-order valence-electron chi connectivity index (χ4n) is 3.46. The van der Waals surface area contributed by atoms with E-state index in [2.05, 4.69) is 4.98 Å². The molecule has 0 saturated heterocycles. The highest BCUT2D eigenvalue weighted by molar-refractivity contribution is 6.30. The molecule has 0 aliphatic heterocycles. The molecule has 0 spiro atoms. The van der Waals surface area contributed by atoms with Crippen molar-refractivity contribution in [2.75, 3.05) is 0 Å². The molecule has 6 nitrogen and oxygen atoms in total. The van der Waals surface area contributed by atoms with Crippen molar-refractivity contribution in [2.24, 2.45) is 5.92 Å². The second-order valence-corrected chi connectivity index (χ2v) is 7.98. The summed E-state index contributed by atoms with van der Waals surface area (Å²) in [5.41, 5.74) is 0.526. The molecule has 0 aliphatic carbocycles. The third-order valence-electron chi connectivity index (χ3n) is 4.83. The van der Waals surface area contributed by atoms with Crippen LogP contribution in [0.5, 0.6) is 0 Å². The smallest absolute Gasteiger partial charge is 0.320 e. The van der Waals surface area contributed by atoms with Crippen molar-refractivity contribution in [3.8, 4) is 5.69 Å². The maximum Gasteiger partial charge on any atom is 0.337 e. The van der Waals surface area contributed by atoms with Crippen LogP contribution in [0.15, 0.2) is 64.4 Å². The van der Waals surface area contributed by atoms with Gasteiger partial charge in [-0.3, -0.25) is 9.36 Å². The Morgan fingerprint density at radius 3 is 2.43 bits per heavy atom. The Labute approximate surface area is 176 Å². The SMILES string of the molecule is CC(C)Cn1c(=O)c2c(ncn2Cc2ccccc2F)n(-c2ccc(Cl)cc2)c1=O.